The molecule has 1 aromatic rings. The van der Waals surface area contributed by atoms with Crippen LogP contribution in [0.25, 0.3) is 0 Å². The van der Waals surface area contributed by atoms with Crippen molar-refractivity contribution in [2.24, 2.45) is 0 Å². The normalized spacial score (nSPS) is 14.7. The van der Waals surface area contributed by atoms with E-state index in [0.29, 0.717) is 12.4 Å². The van der Waals surface area contributed by atoms with Crippen molar-refractivity contribution in [3.63, 3.8) is 0 Å². The molecule has 6 heteroatoms. The molecule has 1 aliphatic rings. The molecule has 2 heterocycles. The summed E-state index contributed by atoms with van der Waals surface area (Å²) < 4.78 is 15.0. The average molecular weight is 267 g/mol. The summed E-state index contributed by atoms with van der Waals surface area (Å²) in [4.78, 5) is 25.0. The maximum Gasteiger partial charge on any atom is 0.374 e. The lowest BCUT2D eigenvalue weighted by atomic mass is 10.4. The van der Waals surface area contributed by atoms with Crippen molar-refractivity contribution in [2.45, 2.75) is 19.4 Å². The van der Waals surface area contributed by atoms with Crippen molar-refractivity contribution < 1.29 is 23.5 Å². The van der Waals surface area contributed by atoms with Gasteiger partial charge in [0.1, 0.15) is 12.4 Å². The summed E-state index contributed by atoms with van der Waals surface area (Å²) in [6.07, 6.45) is 2.02. The molecule has 104 valence electrons. The molecule has 0 radical (unpaired) electrons. The van der Waals surface area contributed by atoms with Crippen LogP contribution in [0.3, 0.4) is 0 Å². The first kappa shape index (κ1) is 13.6. The number of amides is 1. The molecule has 0 aromatic carbocycles. The van der Waals surface area contributed by atoms with Gasteiger partial charge in [-0.25, -0.2) is 4.79 Å². The number of rotatable bonds is 5. The maximum absolute atomic E-state index is 11.7. The lowest BCUT2D eigenvalue weighted by Gasteiger charge is -2.14. The topological polar surface area (TPSA) is 69.0 Å². The third kappa shape index (κ3) is 3.57. The zero-order valence-electron chi connectivity index (χ0n) is 10.9. The van der Waals surface area contributed by atoms with Crippen LogP contribution in [0.4, 0.5) is 0 Å². The van der Waals surface area contributed by atoms with Gasteiger partial charge in [0.2, 0.25) is 5.76 Å². The molecular weight excluding hydrogens is 250 g/mol. The maximum atomic E-state index is 11.7. The molecular formula is C13H17NO5. The first-order chi connectivity index (χ1) is 9.20. The predicted molar refractivity (Wildman–Crippen MR) is 65.5 cm³/mol. The summed E-state index contributed by atoms with van der Waals surface area (Å²) in [6, 6.07) is 3.15. The van der Waals surface area contributed by atoms with Crippen molar-refractivity contribution in [3.05, 3.63) is 23.7 Å². The van der Waals surface area contributed by atoms with Gasteiger partial charge in [0, 0.05) is 20.2 Å². The van der Waals surface area contributed by atoms with Crippen LogP contribution in [-0.2, 0) is 20.9 Å². The molecule has 0 aliphatic carbocycles. The molecule has 0 N–H and O–H groups in total. The van der Waals surface area contributed by atoms with E-state index in [9.17, 15) is 9.59 Å². The van der Waals surface area contributed by atoms with Crippen LogP contribution in [-0.4, -0.2) is 43.6 Å². The molecule has 1 saturated heterocycles. The van der Waals surface area contributed by atoms with Crippen molar-refractivity contribution >= 4 is 11.9 Å². The van der Waals surface area contributed by atoms with Gasteiger partial charge in [0.15, 0.2) is 6.61 Å². The predicted octanol–water partition coefficient (Wildman–Crippen LogP) is 1.21. The number of likely N-dealkylation sites (tertiary alicyclic amines) is 1. The molecule has 0 unspecified atom stereocenters. The number of carbonyl (C=O) groups is 2. The summed E-state index contributed by atoms with van der Waals surface area (Å²) in [6.45, 7) is 1.55. The van der Waals surface area contributed by atoms with E-state index < -0.39 is 5.97 Å². The minimum atomic E-state index is -0.630. The zero-order chi connectivity index (χ0) is 13.7. The molecule has 0 bridgehead atoms. The van der Waals surface area contributed by atoms with Crippen LogP contribution < -0.4 is 0 Å². The number of ether oxygens (including phenoxy) is 2. The van der Waals surface area contributed by atoms with Gasteiger partial charge in [-0.05, 0) is 25.0 Å². The number of hydrogen-bond acceptors (Lipinski definition) is 5. The number of hydrogen-bond donors (Lipinski definition) is 0. The Balaban J connectivity index is 1.81. The molecule has 6 nitrogen and oxygen atoms in total. The summed E-state index contributed by atoms with van der Waals surface area (Å²) >= 11 is 0. The van der Waals surface area contributed by atoms with Gasteiger partial charge >= 0.3 is 5.97 Å². The van der Waals surface area contributed by atoms with E-state index in [2.05, 4.69) is 0 Å². The van der Waals surface area contributed by atoms with Crippen molar-refractivity contribution in [1.29, 1.82) is 0 Å². The zero-order valence-corrected chi connectivity index (χ0v) is 10.9. The van der Waals surface area contributed by atoms with E-state index in [-0.39, 0.29) is 18.3 Å². The Morgan fingerprint density at radius 3 is 2.74 bits per heavy atom. The minimum Gasteiger partial charge on any atom is -0.452 e. The standard InChI is InChI=1S/C13H17NO5/c1-17-8-10-4-5-11(19-10)13(16)18-9-12(15)14-6-2-3-7-14/h4-5H,2-3,6-9H2,1H3. The smallest absolute Gasteiger partial charge is 0.374 e. The Morgan fingerprint density at radius 2 is 2.05 bits per heavy atom. The van der Waals surface area contributed by atoms with Gasteiger partial charge in [0.25, 0.3) is 5.91 Å². The van der Waals surface area contributed by atoms with E-state index in [1.165, 1.54) is 13.2 Å². The lowest BCUT2D eigenvalue weighted by Crippen LogP contribution is -2.32. The second-order valence-electron chi connectivity index (χ2n) is 4.36. The number of esters is 1. The van der Waals surface area contributed by atoms with Crippen LogP contribution >= 0.6 is 0 Å². The summed E-state index contributed by atoms with van der Waals surface area (Å²) in [5.74, 6) is -0.161. The molecule has 2 rings (SSSR count). The molecule has 1 fully saturated rings. The van der Waals surface area contributed by atoms with Crippen LogP contribution in [0.5, 0.6) is 0 Å². The molecule has 0 spiro atoms. The highest BCUT2D eigenvalue weighted by Gasteiger charge is 2.20. The molecule has 1 aromatic heterocycles. The molecule has 0 saturated carbocycles. The highest BCUT2D eigenvalue weighted by atomic mass is 16.5. The van der Waals surface area contributed by atoms with Crippen molar-refractivity contribution in [1.82, 2.24) is 4.90 Å². The molecule has 1 amide bonds. The van der Waals surface area contributed by atoms with Gasteiger partial charge in [-0.15, -0.1) is 0 Å². The summed E-state index contributed by atoms with van der Waals surface area (Å²) in [5.41, 5.74) is 0. The fourth-order valence-electron chi connectivity index (χ4n) is 1.96. The largest absolute Gasteiger partial charge is 0.452 e. The molecule has 0 atom stereocenters. The highest BCUT2D eigenvalue weighted by Crippen LogP contribution is 2.11. The van der Waals surface area contributed by atoms with Gasteiger partial charge < -0.3 is 18.8 Å². The van der Waals surface area contributed by atoms with Gasteiger partial charge in [-0.2, -0.15) is 0 Å². The lowest BCUT2D eigenvalue weighted by molar-refractivity contribution is -0.133. The highest BCUT2D eigenvalue weighted by molar-refractivity contribution is 5.88. The second-order valence-corrected chi connectivity index (χ2v) is 4.36. The minimum absolute atomic E-state index is 0.0845. The Labute approximate surface area is 111 Å². The van der Waals surface area contributed by atoms with Gasteiger partial charge in [-0.1, -0.05) is 0 Å². The Morgan fingerprint density at radius 1 is 1.32 bits per heavy atom. The fraction of sp³-hybridized carbons (Fsp3) is 0.538. The van der Waals surface area contributed by atoms with Crippen LogP contribution in [0.1, 0.15) is 29.2 Å². The Hall–Kier alpha value is -1.82. The van der Waals surface area contributed by atoms with E-state index in [1.54, 1.807) is 11.0 Å². The quantitative estimate of drug-likeness (QED) is 0.750. The third-order valence-corrected chi connectivity index (χ3v) is 2.93. The first-order valence-corrected chi connectivity index (χ1v) is 6.23. The second kappa shape index (κ2) is 6.38. The number of furan rings is 1. The van der Waals surface area contributed by atoms with Crippen molar-refractivity contribution in [2.75, 3.05) is 26.8 Å². The average Bonchev–Trinajstić information content (AvgIpc) is 3.06. The first-order valence-electron chi connectivity index (χ1n) is 6.23. The van der Waals surface area contributed by atoms with Gasteiger partial charge in [-0.3, -0.25) is 4.79 Å². The number of nitrogens with zero attached hydrogens (tertiary/aromatic N) is 1. The number of methoxy groups -OCH3 is 1. The van der Waals surface area contributed by atoms with E-state index in [0.717, 1.165) is 25.9 Å². The third-order valence-electron chi connectivity index (χ3n) is 2.93. The monoisotopic (exact) mass is 267 g/mol. The van der Waals surface area contributed by atoms with Gasteiger partial charge in [0.05, 0.1) is 0 Å². The summed E-state index contributed by atoms with van der Waals surface area (Å²) in [5, 5.41) is 0. The fourth-order valence-corrected chi connectivity index (χ4v) is 1.96. The Bertz CT molecular complexity index is 448. The SMILES string of the molecule is COCc1ccc(C(=O)OCC(=O)N2CCCC2)o1. The van der Waals surface area contributed by atoms with Crippen LogP contribution in [0, 0.1) is 0 Å². The van der Waals surface area contributed by atoms with E-state index in [4.69, 9.17) is 13.9 Å². The Kier molecular flexibility index (Phi) is 4.57. The molecule has 1 aliphatic heterocycles. The van der Waals surface area contributed by atoms with E-state index in [1.807, 2.05) is 0 Å². The summed E-state index contributed by atoms with van der Waals surface area (Å²) in [7, 11) is 1.54. The number of carbonyl (C=O) groups excluding carboxylic acids is 2. The van der Waals surface area contributed by atoms with E-state index >= 15 is 0 Å². The van der Waals surface area contributed by atoms with Crippen molar-refractivity contribution in [3.8, 4) is 0 Å². The molecule has 19 heavy (non-hydrogen) atoms. The van der Waals surface area contributed by atoms with Crippen LogP contribution in [0.15, 0.2) is 16.5 Å². The van der Waals surface area contributed by atoms with Crippen LogP contribution in [0.2, 0.25) is 0 Å².